The highest BCUT2D eigenvalue weighted by molar-refractivity contribution is 6.04. The molecule has 18 heavy (non-hydrogen) atoms. The molecule has 2 aromatic rings. The molecule has 0 unspecified atom stereocenters. The number of aromatic hydroxyl groups is 1. The van der Waals surface area contributed by atoms with E-state index >= 15 is 0 Å². The summed E-state index contributed by atoms with van der Waals surface area (Å²) in [5.41, 5.74) is 1.41. The fourth-order valence-electron chi connectivity index (χ4n) is 1.50. The lowest BCUT2D eigenvalue weighted by Gasteiger charge is -2.05. The maximum Gasteiger partial charge on any atom is 0.259 e. The summed E-state index contributed by atoms with van der Waals surface area (Å²) in [5, 5.41) is 15.5. The smallest absolute Gasteiger partial charge is 0.259 e. The average molecular weight is 249 g/mol. The largest absolute Gasteiger partial charge is 0.505 e. The van der Waals surface area contributed by atoms with Gasteiger partial charge in [-0.3, -0.25) is 9.48 Å². The molecule has 0 fully saturated rings. The van der Waals surface area contributed by atoms with Crippen LogP contribution in [0, 0.1) is 12.7 Å². The second kappa shape index (κ2) is 4.48. The van der Waals surface area contributed by atoms with E-state index in [0.717, 1.165) is 6.07 Å². The van der Waals surface area contributed by atoms with Crippen LogP contribution < -0.4 is 5.32 Å². The lowest BCUT2D eigenvalue weighted by atomic mass is 10.2. The van der Waals surface area contributed by atoms with Gasteiger partial charge in [-0.1, -0.05) is 0 Å². The second-order valence-corrected chi connectivity index (χ2v) is 3.89. The Balaban J connectivity index is 2.21. The summed E-state index contributed by atoms with van der Waals surface area (Å²) in [7, 11) is 1.73. The third-order valence-electron chi connectivity index (χ3n) is 2.69. The van der Waals surface area contributed by atoms with Crippen molar-refractivity contribution in [2.45, 2.75) is 6.92 Å². The zero-order valence-corrected chi connectivity index (χ0v) is 9.94. The molecule has 2 rings (SSSR count). The number of aromatic nitrogens is 2. The molecular formula is C12H12FN3O2. The highest BCUT2D eigenvalue weighted by Crippen LogP contribution is 2.20. The Labute approximate surface area is 103 Å². The Hall–Kier alpha value is -2.37. The summed E-state index contributed by atoms with van der Waals surface area (Å²) in [4.78, 5) is 11.9. The number of carbonyl (C=O) groups excluding carboxylic acids is 1. The quantitative estimate of drug-likeness (QED) is 0.798. The first-order chi connectivity index (χ1) is 8.49. The van der Waals surface area contributed by atoms with Gasteiger partial charge in [0.05, 0.1) is 11.8 Å². The van der Waals surface area contributed by atoms with Gasteiger partial charge in [-0.25, -0.2) is 4.39 Å². The number of halogens is 1. The van der Waals surface area contributed by atoms with Gasteiger partial charge >= 0.3 is 0 Å². The number of phenols is 1. The molecule has 0 spiro atoms. The van der Waals surface area contributed by atoms with Crippen molar-refractivity contribution in [3.63, 3.8) is 0 Å². The molecule has 0 aliphatic rings. The van der Waals surface area contributed by atoms with Crippen molar-refractivity contribution in [2.75, 3.05) is 5.32 Å². The van der Waals surface area contributed by atoms with Crippen molar-refractivity contribution in [3.8, 4) is 5.75 Å². The molecule has 0 saturated carbocycles. The molecular weight excluding hydrogens is 237 g/mol. The summed E-state index contributed by atoms with van der Waals surface area (Å²) < 4.78 is 14.7. The molecule has 0 atom stereocenters. The molecule has 94 valence electrons. The molecule has 2 N–H and O–H groups in total. The Morgan fingerprint density at radius 1 is 1.50 bits per heavy atom. The molecule has 0 aliphatic carbocycles. The summed E-state index contributed by atoms with van der Waals surface area (Å²) in [5.74, 6) is -1.60. The van der Waals surface area contributed by atoms with Gasteiger partial charge in [0.2, 0.25) is 0 Å². The Kier molecular flexibility index (Phi) is 3.01. The number of nitrogens with one attached hydrogen (secondary N) is 1. The van der Waals surface area contributed by atoms with Gasteiger partial charge in [-0.2, -0.15) is 5.10 Å². The Morgan fingerprint density at radius 2 is 2.22 bits per heavy atom. The van der Waals surface area contributed by atoms with Crippen LogP contribution >= 0.6 is 0 Å². The normalized spacial score (nSPS) is 10.4. The number of hydrogen-bond acceptors (Lipinski definition) is 3. The van der Waals surface area contributed by atoms with Gasteiger partial charge in [0, 0.05) is 24.5 Å². The number of anilines is 1. The zero-order chi connectivity index (χ0) is 13.3. The van der Waals surface area contributed by atoms with E-state index in [-0.39, 0.29) is 11.6 Å². The number of aryl methyl sites for hydroxylation is 1. The molecule has 1 amide bonds. The van der Waals surface area contributed by atoms with Gasteiger partial charge < -0.3 is 10.4 Å². The topological polar surface area (TPSA) is 67.2 Å². The Morgan fingerprint density at radius 3 is 2.78 bits per heavy atom. The number of nitrogens with zero attached hydrogens (tertiary/aromatic N) is 2. The first kappa shape index (κ1) is 12.1. The lowest BCUT2D eigenvalue weighted by Crippen LogP contribution is -2.13. The van der Waals surface area contributed by atoms with E-state index in [4.69, 9.17) is 5.11 Å². The third-order valence-corrected chi connectivity index (χ3v) is 2.69. The summed E-state index contributed by atoms with van der Waals surface area (Å²) in [6, 6.07) is 3.65. The van der Waals surface area contributed by atoms with Crippen molar-refractivity contribution < 1.29 is 14.3 Å². The minimum Gasteiger partial charge on any atom is -0.505 e. The predicted octanol–water partition coefficient (Wildman–Crippen LogP) is 1.83. The number of rotatable bonds is 2. The van der Waals surface area contributed by atoms with Crippen molar-refractivity contribution in [3.05, 3.63) is 41.5 Å². The molecule has 0 bridgehead atoms. The van der Waals surface area contributed by atoms with Crippen LogP contribution in [0.3, 0.4) is 0 Å². The van der Waals surface area contributed by atoms with Gasteiger partial charge in [0.1, 0.15) is 0 Å². The number of benzene rings is 1. The minimum absolute atomic E-state index is 0.276. The first-order valence-electron chi connectivity index (χ1n) is 5.27. The Bertz CT molecular complexity index is 607. The number of amides is 1. The van der Waals surface area contributed by atoms with Crippen molar-refractivity contribution in [1.82, 2.24) is 9.78 Å². The molecule has 1 aromatic heterocycles. The maximum atomic E-state index is 13.1. The first-order valence-corrected chi connectivity index (χ1v) is 5.27. The van der Waals surface area contributed by atoms with E-state index in [9.17, 15) is 9.18 Å². The SMILES string of the molecule is Cc1c(C(=O)Nc2ccc(O)c(F)c2)cnn1C. The summed E-state index contributed by atoms with van der Waals surface area (Å²) in [6.07, 6.45) is 1.45. The number of hydrogen-bond donors (Lipinski definition) is 2. The van der Waals surface area contributed by atoms with Crippen LogP contribution in [0.2, 0.25) is 0 Å². The van der Waals surface area contributed by atoms with E-state index in [2.05, 4.69) is 10.4 Å². The highest BCUT2D eigenvalue weighted by atomic mass is 19.1. The third kappa shape index (κ3) is 2.17. The predicted molar refractivity (Wildman–Crippen MR) is 64.0 cm³/mol. The van der Waals surface area contributed by atoms with Crippen LogP contribution in [0.4, 0.5) is 10.1 Å². The van der Waals surface area contributed by atoms with Gasteiger partial charge in [-0.05, 0) is 19.1 Å². The fraction of sp³-hybridized carbons (Fsp3) is 0.167. The molecule has 5 nitrogen and oxygen atoms in total. The number of carbonyl (C=O) groups is 1. The van der Waals surface area contributed by atoms with Crippen LogP contribution in [-0.4, -0.2) is 20.8 Å². The zero-order valence-electron chi connectivity index (χ0n) is 9.94. The van der Waals surface area contributed by atoms with Gasteiger partial charge in [0.15, 0.2) is 11.6 Å². The molecule has 0 aliphatic heterocycles. The van der Waals surface area contributed by atoms with Crippen LogP contribution in [0.5, 0.6) is 5.75 Å². The summed E-state index contributed by atoms with van der Waals surface area (Å²) >= 11 is 0. The van der Waals surface area contributed by atoms with Gasteiger partial charge in [-0.15, -0.1) is 0 Å². The standard InChI is InChI=1S/C12H12FN3O2/c1-7-9(6-14-16(7)2)12(18)15-8-3-4-11(17)10(13)5-8/h3-6,17H,1-2H3,(H,15,18). The van der Waals surface area contributed by atoms with Crippen LogP contribution in [0.25, 0.3) is 0 Å². The second-order valence-electron chi connectivity index (χ2n) is 3.89. The van der Waals surface area contributed by atoms with Crippen molar-refractivity contribution in [1.29, 1.82) is 0 Å². The number of phenolic OH excluding ortho intramolecular Hbond substituents is 1. The van der Waals surface area contributed by atoms with E-state index in [1.807, 2.05) is 0 Å². The van der Waals surface area contributed by atoms with E-state index < -0.39 is 11.6 Å². The maximum absolute atomic E-state index is 13.1. The van der Waals surface area contributed by atoms with Gasteiger partial charge in [0.25, 0.3) is 5.91 Å². The minimum atomic E-state index is -0.782. The molecule has 1 heterocycles. The van der Waals surface area contributed by atoms with Crippen LogP contribution in [0.1, 0.15) is 16.1 Å². The van der Waals surface area contributed by atoms with Crippen LogP contribution in [0.15, 0.2) is 24.4 Å². The van der Waals surface area contributed by atoms with E-state index in [1.165, 1.54) is 18.3 Å². The van der Waals surface area contributed by atoms with E-state index in [1.54, 1.807) is 18.7 Å². The molecule has 6 heteroatoms. The van der Waals surface area contributed by atoms with Crippen molar-refractivity contribution >= 4 is 11.6 Å². The summed E-state index contributed by atoms with van der Waals surface area (Å²) in [6.45, 7) is 1.76. The fourth-order valence-corrected chi connectivity index (χ4v) is 1.50. The van der Waals surface area contributed by atoms with Crippen LogP contribution in [-0.2, 0) is 7.05 Å². The molecule has 0 saturated heterocycles. The monoisotopic (exact) mass is 249 g/mol. The lowest BCUT2D eigenvalue weighted by molar-refractivity contribution is 0.102. The average Bonchev–Trinajstić information content (AvgIpc) is 2.65. The van der Waals surface area contributed by atoms with Crippen molar-refractivity contribution in [2.24, 2.45) is 7.05 Å². The highest BCUT2D eigenvalue weighted by Gasteiger charge is 2.13. The molecule has 0 radical (unpaired) electrons. The van der Waals surface area contributed by atoms with E-state index in [0.29, 0.717) is 11.3 Å². The molecule has 1 aromatic carbocycles.